The molecule has 0 N–H and O–H groups in total. The van der Waals surface area contributed by atoms with Gasteiger partial charge in [-0.3, -0.25) is 9.59 Å². The first-order chi connectivity index (χ1) is 13.1. The number of likely N-dealkylation sites (N-methyl/N-ethyl adjacent to an activating group) is 1. The number of nitrogens with zero attached hydrogens (tertiary/aromatic N) is 2. The Hall–Kier alpha value is -2.57. The van der Waals surface area contributed by atoms with Gasteiger partial charge in [-0.05, 0) is 33.6 Å². The van der Waals surface area contributed by atoms with E-state index in [0.29, 0.717) is 31.5 Å². The molecule has 7 nitrogen and oxygen atoms in total. The highest BCUT2D eigenvalue weighted by molar-refractivity contribution is 5.85. The second-order valence-electron chi connectivity index (χ2n) is 8.20. The van der Waals surface area contributed by atoms with E-state index in [1.54, 1.807) is 43.3 Å². The molecule has 2 amide bonds. The zero-order valence-corrected chi connectivity index (χ0v) is 17.3. The number of benzene rings is 1. The van der Waals surface area contributed by atoms with Gasteiger partial charge in [0.2, 0.25) is 6.10 Å². The summed E-state index contributed by atoms with van der Waals surface area (Å²) in [6, 6.07) is 8.99. The molecule has 1 aromatic carbocycles. The van der Waals surface area contributed by atoms with E-state index < -0.39 is 17.7 Å². The van der Waals surface area contributed by atoms with Gasteiger partial charge in [0.05, 0.1) is 5.92 Å². The molecule has 0 spiro atoms. The fourth-order valence-corrected chi connectivity index (χ4v) is 2.96. The normalized spacial score (nSPS) is 16.2. The van der Waals surface area contributed by atoms with Crippen molar-refractivity contribution in [3.05, 3.63) is 35.9 Å². The Labute approximate surface area is 166 Å². The van der Waals surface area contributed by atoms with Crippen molar-refractivity contribution >= 4 is 18.0 Å². The van der Waals surface area contributed by atoms with Gasteiger partial charge in [-0.1, -0.05) is 30.3 Å². The van der Waals surface area contributed by atoms with Crippen molar-refractivity contribution < 1.29 is 23.9 Å². The molecule has 0 radical (unpaired) electrons. The quantitative estimate of drug-likeness (QED) is 0.739. The highest BCUT2D eigenvalue weighted by Gasteiger charge is 2.34. The lowest BCUT2D eigenvalue weighted by atomic mass is 9.97. The summed E-state index contributed by atoms with van der Waals surface area (Å²) in [5, 5.41) is 0. The van der Waals surface area contributed by atoms with Crippen molar-refractivity contribution in [2.24, 2.45) is 5.92 Å². The first-order valence-electron chi connectivity index (χ1n) is 9.53. The molecule has 1 aliphatic rings. The Morgan fingerprint density at radius 2 is 1.64 bits per heavy atom. The smallest absolute Gasteiger partial charge is 0.410 e. The van der Waals surface area contributed by atoms with Gasteiger partial charge in [0.1, 0.15) is 5.60 Å². The van der Waals surface area contributed by atoms with E-state index >= 15 is 0 Å². The van der Waals surface area contributed by atoms with Crippen LogP contribution in [0.25, 0.3) is 0 Å². The van der Waals surface area contributed by atoms with Gasteiger partial charge in [-0.2, -0.15) is 0 Å². The molecule has 154 valence electrons. The SMILES string of the molecule is CN(C)C(=O)[C@H](OC(=O)C1CCN(C(=O)OC(C)(C)C)CC1)c1ccccc1. The second-order valence-corrected chi connectivity index (χ2v) is 8.20. The molecule has 1 aromatic rings. The lowest BCUT2D eigenvalue weighted by Gasteiger charge is -2.33. The third-order valence-corrected chi connectivity index (χ3v) is 4.48. The zero-order chi connectivity index (χ0) is 20.9. The number of carbonyl (C=O) groups excluding carboxylic acids is 3. The first kappa shape index (κ1) is 21.7. The summed E-state index contributed by atoms with van der Waals surface area (Å²) < 4.78 is 11.0. The number of ether oxygens (including phenoxy) is 2. The Bertz CT molecular complexity index is 688. The maximum Gasteiger partial charge on any atom is 0.410 e. The van der Waals surface area contributed by atoms with Crippen LogP contribution in [0, 0.1) is 5.92 Å². The third-order valence-electron chi connectivity index (χ3n) is 4.48. The standard InChI is InChI=1S/C21H30N2O5/c1-21(2,3)28-20(26)23-13-11-16(12-14-23)19(25)27-17(18(24)22(4)5)15-9-7-6-8-10-15/h6-10,16-17H,11-14H2,1-5H3/t17-/m1/s1. The molecule has 0 bridgehead atoms. The molecule has 28 heavy (non-hydrogen) atoms. The first-order valence-corrected chi connectivity index (χ1v) is 9.53. The van der Waals surface area contributed by atoms with Crippen molar-refractivity contribution in [1.82, 2.24) is 9.80 Å². The van der Waals surface area contributed by atoms with Crippen molar-refractivity contribution in [1.29, 1.82) is 0 Å². The summed E-state index contributed by atoms with van der Waals surface area (Å²) in [6.07, 6.45) is -0.372. The Kier molecular flexibility index (Phi) is 7.05. The Morgan fingerprint density at radius 1 is 1.07 bits per heavy atom. The van der Waals surface area contributed by atoms with Crippen LogP contribution in [0.15, 0.2) is 30.3 Å². The van der Waals surface area contributed by atoms with Gasteiger partial charge in [-0.15, -0.1) is 0 Å². The molecule has 0 aliphatic carbocycles. The minimum atomic E-state index is -0.965. The topological polar surface area (TPSA) is 76.2 Å². The lowest BCUT2D eigenvalue weighted by Crippen LogP contribution is -2.43. The Morgan fingerprint density at radius 3 is 2.14 bits per heavy atom. The number of esters is 1. The van der Waals surface area contributed by atoms with Crippen LogP contribution in [0.1, 0.15) is 45.3 Å². The van der Waals surface area contributed by atoms with E-state index in [-0.39, 0.29) is 17.9 Å². The van der Waals surface area contributed by atoms with Crippen molar-refractivity contribution in [2.45, 2.75) is 45.3 Å². The molecule has 0 aromatic heterocycles. The van der Waals surface area contributed by atoms with E-state index in [1.807, 2.05) is 26.8 Å². The number of likely N-dealkylation sites (tertiary alicyclic amines) is 1. The van der Waals surface area contributed by atoms with Gasteiger partial charge in [0.25, 0.3) is 5.91 Å². The monoisotopic (exact) mass is 390 g/mol. The number of hydrogen-bond acceptors (Lipinski definition) is 5. The summed E-state index contributed by atoms with van der Waals surface area (Å²) in [5.74, 6) is -1.04. The summed E-state index contributed by atoms with van der Waals surface area (Å²) >= 11 is 0. The van der Waals surface area contributed by atoms with Crippen molar-refractivity contribution in [3.63, 3.8) is 0 Å². The van der Waals surface area contributed by atoms with Crippen molar-refractivity contribution in [2.75, 3.05) is 27.2 Å². The predicted octanol–water partition coefficient (Wildman–Crippen LogP) is 3.01. The fraction of sp³-hybridized carbons (Fsp3) is 0.571. The maximum atomic E-state index is 12.7. The van der Waals surface area contributed by atoms with Crippen molar-refractivity contribution in [3.8, 4) is 0 Å². The van der Waals surface area contributed by atoms with E-state index in [4.69, 9.17) is 9.47 Å². The molecule has 1 heterocycles. The largest absolute Gasteiger partial charge is 0.447 e. The molecule has 0 unspecified atom stereocenters. The number of hydrogen-bond donors (Lipinski definition) is 0. The molecule has 1 saturated heterocycles. The highest BCUT2D eigenvalue weighted by atomic mass is 16.6. The van der Waals surface area contributed by atoms with Gasteiger partial charge in [-0.25, -0.2) is 4.79 Å². The number of piperidine rings is 1. The van der Waals surface area contributed by atoms with Crippen LogP contribution in [-0.4, -0.2) is 60.6 Å². The molecule has 1 atom stereocenters. The van der Waals surface area contributed by atoms with Crippen LogP contribution < -0.4 is 0 Å². The molecule has 2 rings (SSSR count). The van der Waals surface area contributed by atoms with Crippen LogP contribution in [0.3, 0.4) is 0 Å². The van der Waals surface area contributed by atoms with Crippen LogP contribution in [-0.2, 0) is 19.1 Å². The highest BCUT2D eigenvalue weighted by Crippen LogP contribution is 2.25. The number of rotatable bonds is 4. The van der Waals surface area contributed by atoms with E-state index in [1.165, 1.54) is 4.90 Å². The maximum absolute atomic E-state index is 12.7. The average Bonchev–Trinajstić information content (AvgIpc) is 2.64. The van der Waals surface area contributed by atoms with Gasteiger partial charge >= 0.3 is 12.1 Å². The lowest BCUT2D eigenvalue weighted by molar-refractivity contribution is -0.164. The molecular weight excluding hydrogens is 360 g/mol. The average molecular weight is 390 g/mol. The molecule has 0 saturated carbocycles. The molecule has 1 fully saturated rings. The van der Waals surface area contributed by atoms with Crippen LogP contribution in [0.4, 0.5) is 4.79 Å². The summed E-state index contributed by atoms with van der Waals surface area (Å²) in [4.78, 5) is 40.4. The molecular formula is C21H30N2O5. The van der Waals surface area contributed by atoms with Gasteiger partial charge < -0.3 is 19.3 Å². The van der Waals surface area contributed by atoms with Gasteiger partial charge in [0.15, 0.2) is 0 Å². The number of carbonyl (C=O) groups is 3. The van der Waals surface area contributed by atoms with Crippen LogP contribution in [0.2, 0.25) is 0 Å². The van der Waals surface area contributed by atoms with Gasteiger partial charge in [0, 0.05) is 32.7 Å². The summed E-state index contributed by atoms with van der Waals surface area (Å²) in [7, 11) is 3.26. The van der Waals surface area contributed by atoms with E-state index in [2.05, 4.69) is 0 Å². The minimum absolute atomic E-state index is 0.286. The van der Waals surface area contributed by atoms with Crippen LogP contribution in [0.5, 0.6) is 0 Å². The van der Waals surface area contributed by atoms with E-state index in [9.17, 15) is 14.4 Å². The predicted molar refractivity (Wildman–Crippen MR) is 105 cm³/mol. The fourth-order valence-electron chi connectivity index (χ4n) is 2.96. The number of amides is 2. The van der Waals surface area contributed by atoms with Crippen LogP contribution >= 0.6 is 0 Å². The third kappa shape index (κ3) is 5.97. The molecule has 1 aliphatic heterocycles. The van der Waals surface area contributed by atoms with E-state index in [0.717, 1.165) is 0 Å². The summed E-state index contributed by atoms with van der Waals surface area (Å²) in [6.45, 7) is 6.31. The minimum Gasteiger partial charge on any atom is -0.447 e. The zero-order valence-electron chi connectivity index (χ0n) is 17.3. The molecule has 7 heteroatoms. The Balaban J connectivity index is 1.98. The summed E-state index contributed by atoms with van der Waals surface area (Å²) in [5.41, 5.74) is 0.0863. The second kappa shape index (κ2) is 9.08.